The molecule has 4 rings (SSSR count). The first kappa shape index (κ1) is 18.4. The van der Waals surface area contributed by atoms with Gasteiger partial charge in [-0.3, -0.25) is 14.5 Å². The molecule has 6 nitrogen and oxygen atoms in total. The van der Waals surface area contributed by atoms with Gasteiger partial charge in [-0.2, -0.15) is 0 Å². The molecule has 1 saturated carbocycles. The summed E-state index contributed by atoms with van der Waals surface area (Å²) in [6.45, 7) is 2.12. The van der Waals surface area contributed by atoms with Crippen molar-refractivity contribution in [3.63, 3.8) is 0 Å². The standard InChI is InChI=1S/C21H29N3O3/c1-23(13-21(14-25)6-7-21)19(26)12-18-20(27)22-8-9-24(18)17-10-15-4-2-3-5-16(15)11-17/h2-5,17-18,25H,6-14H2,1H3,(H,22,27). The van der Waals surface area contributed by atoms with Gasteiger partial charge in [-0.15, -0.1) is 0 Å². The van der Waals surface area contributed by atoms with Crippen LogP contribution >= 0.6 is 0 Å². The second-order valence-corrected chi connectivity index (χ2v) is 8.49. The van der Waals surface area contributed by atoms with Crippen LogP contribution in [0.25, 0.3) is 0 Å². The van der Waals surface area contributed by atoms with Crippen LogP contribution < -0.4 is 5.32 Å². The number of benzene rings is 1. The van der Waals surface area contributed by atoms with E-state index in [1.165, 1.54) is 11.1 Å². The molecule has 3 aliphatic rings. The van der Waals surface area contributed by atoms with Crippen LogP contribution in [-0.2, 0) is 22.4 Å². The van der Waals surface area contributed by atoms with Gasteiger partial charge in [0.25, 0.3) is 0 Å². The van der Waals surface area contributed by atoms with Gasteiger partial charge in [0.05, 0.1) is 19.1 Å². The molecule has 1 aromatic carbocycles. The van der Waals surface area contributed by atoms with E-state index in [0.717, 1.165) is 32.2 Å². The van der Waals surface area contributed by atoms with Crippen LogP contribution in [0.2, 0.25) is 0 Å². The van der Waals surface area contributed by atoms with Crippen LogP contribution in [0.4, 0.5) is 0 Å². The second-order valence-electron chi connectivity index (χ2n) is 8.49. The quantitative estimate of drug-likeness (QED) is 0.767. The number of amides is 2. The van der Waals surface area contributed by atoms with Gasteiger partial charge in [-0.05, 0) is 36.8 Å². The minimum atomic E-state index is -0.405. The minimum Gasteiger partial charge on any atom is -0.396 e. The van der Waals surface area contributed by atoms with Gasteiger partial charge in [0.1, 0.15) is 0 Å². The predicted molar refractivity (Wildman–Crippen MR) is 102 cm³/mol. The fourth-order valence-electron chi connectivity index (χ4n) is 4.61. The number of nitrogens with zero attached hydrogens (tertiary/aromatic N) is 2. The van der Waals surface area contributed by atoms with Crippen molar-refractivity contribution in [2.75, 3.05) is 33.3 Å². The lowest BCUT2D eigenvalue weighted by Gasteiger charge is -2.39. The summed E-state index contributed by atoms with van der Waals surface area (Å²) >= 11 is 0. The Morgan fingerprint density at radius 3 is 2.56 bits per heavy atom. The highest BCUT2D eigenvalue weighted by atomic mass is 16.3. The van der Waals surface area contributed by atoms with E-state index in [0.29, 0.717) is 13.1 Å². The highest BCUT2D eigenvalue weighted by molar-refractivity contribution is 5.88. The molecule has 2 fully saturated rings. The van der Waals surface area contributed by atoms with Crippen LogP contribution in [0.1, 0.15) is 30.4 Å². The molecule has 2 amide bonds. The average Bonchev–Trinajstić information content (AvgIpc) is 3.31. The lowest BCUT2D eigenvalue weighted by atomic mass is 10.0. The van der Waals surface area contributed by atoms with Crippen molar-refractivity contribution in [3.05, 3.63) is 35.4 Å². The Kier molecular flexibility index (Phi) is 4.95. The first-order valence-corrected chi connectivity index (χ1v) is 9.96. The predicted octanol–water partition coefficient (Wildman–Crippen LogP) is 0.575. The van der Waals surface area contributed by atoms with E-state index in [-0.39, 0.29) is 36.3 Å². The van der Waals surface area contributed by atoms with E-state index in [1.807, 2.05) is 0 Å². The van der Waals surface area contributed by atoms with Crippen molar-refractivity contribution in [1.29, 1.82) is 0 Å². The normalized spacial score (nSPS) is 24.4. The maximum absolute atomic E-state index is 12.8. The van der Waals surface area contributed by atoms with Crippen molar-refractivity contribution in [2.45, 2.75) is 44.2 Å². The molecule has 1 heterocycles. The number of hydrogen-bond acceptors (Lipinski definition) is 4. The van der Waals surface area contributed by atoms with E-state index in [2.05, 4.69) is 34.5 Å². The Bertz CT molecular complexity index is 706. The summed E-state index contributed by atoms with van der Waals surface area (Å²) in [6.07, 6.45) is 4.03. The molecule has 1 aliphatic heterocycles. The molecular weight excluding hydrogens is 342 g/mol. The summed E-state index contributed by atoms with van der Waals surface area (Å²) in [4.78, 5) is 29.3. The molecule has 1 saturated heterocycles. The third kappa shape index (κ3) is 3.73. The average molecular weight is 371 g/mol. The molecule has 6 heteroatoms. The van der Waals surface area contributed by atoms with Crippen LogP contribution in [-0.4, -0.2) is 72.1 Å². The van der Waals surface area contributed by atoms with Gasteiger partial charge in [-0.25, -0.2) is 0 Å². The molecule has 2 aliphatic carbocycles. The highest BCUT2D eigenvalue weighted by Gasteiger charge is 2.44. The Hall–Kier alpha value is -1.92. The summed E-state index contributed by atoms with van der Waals surface area (Å²) < 4.78 is 0. The zero-order chi connectivity index (χ0) is 19.0. The third-order valence-corrected chi connectivity index (χ3v) is 6.53. The van der Waals surface area contributed by atoms with Crippen molar-refractivity contribution in [1.82, 2.24) is 15.1 Å². The molecule has 2 N–H and O–H groups in total. The van der Waals surface area contributed by atoms with E-state index < -0.39 is 6.04 Å². The number of aliphatic hydroxyl groups is 1. The van der Waals surface area contributed by atoms with Gasteiger partial charge in [0, 0.05) is 38.1 Å². The van der Waals surface area contributed by atoms with Gasteiger partial charge < -0.3 is 15.3 Å². The summed E-state index contributed by atoms with van der Waals surface area (Å²) in [7, 11) is 1.79. The molecule has 0 bridgehead atoms. The highest BCUT2D eigenvalue weighted by Crippen LogP contribution is 2.45. The maximum Gasteiger partial charge on any atom is 0.237 e. The molecule has 1 atom stereocenters. The summed E-state index contributed by atoms with van der Waals surface area (Å²) in [5.74, 6) is -0.0560. The smallest absolute Gasteiger partial charge is 0.237 e. The summed E-state index contributed by atoms with van der Waals surface area (Å²) in [6, 6.07) is 8.33. The maximum atomic E-state index is 12.8. The number of aliphatic hydroxyl groups excluding tert-OH is 1. The van der Waals surface area contributed by atoms with Crippen LogP contribution in [0, 0.1) is 5.41 Å². The number of rotatable bonds is 6. The van der Waals surface area contributed by atoms with E-state index in [4.69, 9.17) is 0 Å². The van der Waals surface area contributed by atoms with Crippen LogP contribution in [0.5, 0.6) is 0 Å². The number of hydrogen-bond donors (Lipinski definition) is 2. The topological polar surface area (TPSA) is 72.9 Å². The number of carbonyl (C=O) groups is 2. The number of piperazine rings is 1. The molecule has 1 aromatic rings. The number of nitrogens with one attached hydrogen (secondary N) is 1. The van der Waals surface area contributed by atoms with Crippen molar-refractivity contribution >= 4 is 11.8 Å². The Morgan fingerprint density at radius 1 is 1.30 bits per heavy atom. The van der Waals surface area contributed by atoms with Gasteiger partial charge in [0.15, 0.2) is 0 Å². The lowest BCUT2D eigenvalue weighted by molar-refractivity contribution is -0.139. The van der Waals surface area contributed by atoms with Gasteiger partial charge >= 0.3 is 0 Å². The first-order chi connectivity index (χ1) is 13.0. The molecular formula is C21H29N3O3. The van der Waals surface area contributed by atoms with E-state index >= 15 is 0 Å². The Labute approximate surface area is 160 Å². The zero-order valence-corrected chi connectivity index (χ0v) is 16.0. The van der Waals surface area contributed by atoms with Crippen molar-refractivity contribution in [3.8, 4) is 0 Å². The largest absolute Gasteiger partial charge is 0.396 e. The molecule has 1 unspecified atom stereocenters. The second kappa shape index (κ2) is 7.24. The fraction of sp³-hybridized carbons (Fsp3) is 0.619. The molecule has 0 radical (unpaired) electrons. The molecule has 0 spiro atoms. The Morgan fingerprint density at radius 2 is 1.96 bits per heavy atom. The van der Waals surface area contributed by atoms with Crippen molar-refractivity contribution in [2.24, 2.45) is 5.41 Å². The molecule has 146 valence electrons. The number of fused-ring (bicyclic) bond motifs is 1. The minimum absolute atomic E-state index is 0.0164. The number of carbonyl (C=O) groups excluding carboxylic acids is 2. The fourth-order valence-corrected chi connectivity index (χ4v) is 4.61. The summed E-state index contributed by atoms with van der Waals surface area (Å²) in [5, 5.41) is 12.4. The SMILES string of the molecule is CN(CC1(CO)CC1)C(=O)CC1C(=O)NCCN1C1Cc2ccccc2C1. The third-order valence-electron chi connectivity index (χ3n) is 6.53. The van der Waals surface area contributed by atoms with E-state index in [1.54, 1.807) is 11.9 Å². The Balaban J connectivity index is 1.43. The summed E-state index contributed by atoms with van der Waals surface area (Å²) in [5.41, 5.74) is 2.61. The monoisotopic (exact) mass is 371 g/mol. The van der Waals surface area contributed by atoms with Crippen LogP contribution in [0.3, 0.4) is 0 Å². The molecule has 0 aromatic heterocycles. The van der Waals surface area contributed by atoms with Gasteiger partial charge in [0.2, 0.25) is 11.8 Å². The first-order valence-electron chi connectivity index (χ1n) is 9.96. The van der Waals surface area contributed by atoms with Gasteiger partial charge in [-0.1, -0.05) is 24.3 Å². The lowest BCUT2D eigenvalue weighted by Crippen LogP contribution is -2.59. The zero-order valence-electron chi connectivity index (χ0n) is 16.0. The van der Waals surface area contributed by atoms with Crippen LogP contribution in [0.15, 0.2) is 24.3 Å². The van der Waals surface area contributed by atoms with Crippen molar-refractivity contribution < 1.29 is 14.7 Å². The van der Waals surface area contributed by atoms with E-state index in [9.17, 15) is 14.7 Å². The molecule has 27 heavy (non-hydrogen) atoms.